The summed E-state index contributed by atoms with van der Waals surface area (Å²) in [4.78, 5) is 14.7. The lowest BCUT2D eigenvalue weighted by Gasteiger charge is -2.26. The molecule has 1 N–H and O–H groups in total. The van der Waals surface area contributed by atoms with Gasteiger partial charge in [-0.3, -0.25) is 4.79 Å². The lowest BCUT2D eigenvalue weighted by Crippen LogP contribution is -2.38. The average Bonchev–Trinajstić information content (AvgIpc) is 2.97. The van der Waals surface area contributed by atoms with Crippen molar-refractivity contribution in [2.75, 3.05) is 26.2 Å². The number of carbonyl (C=O) groups is 1. The number of hydrogen-bond donors (Lipinski definition) is 1. The topological polar surface area (TPSA) is 45.5 Å². The zero-order valence-electron chi connectivity index (χ0n) is 15.7. The van der Waals surface area contributed by atoms with E-state index in [9.17, 15) is 4.79 Å². The zero-order chi connectivity index (χ0) is 17.9. The van der Waals surface area contributed by atoms with Crippen molar-refractivity contribution in [2.24, 2.45) is 0 Å². The number of furan rings is 1. The van der Waals surface area contributed by atoms with Crippen molar-refractivity contribution in [3.8, 4) is 0 Å². The Kier molecular flexibility index (Phi) is 5.48. The van der Waals surface area contributed by atoms with Crippen LogP contribution in [0.3, 0.4) is 0 Å². The highest BCUT2D eigenvalue weighted by Gasteiger charge is 2.17. The van der Waals surface area contributed by atoms with Crippen molar-refractivity contribution in [2.45, 2.75) is 51.9 Å². The van der Waals surface area contributed by atoms with Gasteiger partial charge < -0.3 is 14.6 Å². The van der Waals surface area contributed by atoms with Gasteiger partial charge in [0.15, 0.2) is 0 Å². The van der Waals surface area contributed by atoms with Gasteiger partial charge >= 0.3 is 0 Å². The summed E-state index contributed by atoms with van der Waals surface area (Å²) >= 11 is 0. The minimum atomic E-state index is 0.0703. The first-order valence-electron chi connectivity index (χ1n) is 9.43. The molecule has 136 valence electrons. The number of nitrogens with one attached hydrogen (secondary N) is 1. The molecule has 1 fully saturated rings. The second-order valence-corrected chi connectivity index (χ2v) is 8.15. The van der Waals surface area contributed by atoms with E-state index < -0.39 is 0 Å². The maximum absolute atomic E-state index is 12.3. The van der Waals surface area contributed by atoms with E-state index in [1.807, 2.05) is 6.07 Å². The molecule has 2 heterocycles. The summed E-state index contributed by atoms with van der Waals surface area (Å²) < 4.78 is 5.63. The first kappa shape index (κ1) is 18.0. The number of piperidine rings is 1. The minimum absolute atomic E-state index is 0.0703. The normalized spacial score (nSPS) is 16.3. The Labute approximate surface area is 150 Å². The maximum Gasteiger partial charge on any atom is 0.224 e. The highest BCUT2D eigenvalue weighted by molar-refractivity contribution is 5.88. The lowest BCUT2D eigenvalue weighted by molar-refractivity contribution is -0.120. The minimum Gasteiger partial charge on any atom is -0.464 e. The van der Waals surface area contributed by atoms with Gasteiger partial charge in [0, 0.05) is 24.0 Å². The number of fused-ring (bicyclic) bond motifs is 1. The molecule has 1 aliphatic rings. The third-order valence-corrected chi connectivity index (χ3v) is 5.07. The van der Waals surface area contributed by atoms with Crippen LogP contribution in [0.5, 0.6) is 0 Å². The van der Waals surface area contributed by atoms with Crippen molar-refractivity contribution < 1.29 is 9.21 Å². The highest BCUT2D eigenvalue weighted by atomic mass is 16.3. The molecule has 25 heavy (non-hydrogen) atoms. The molecular weight excluding hydrogens is 312 g/mol. The Morgan fingerprint density at radius 2 is 1.96 bits per heavy atom. The molecule has 1 aromatic carbocycles. The lowest BCUT2D eigenvalue weighted by atomic mass is 9.86. The number of nitrogens with zero attached hydrogens (tertiary/aromatic N) is 1. The van der Waals surface area contributed by atoms with Crippen molar-refractivity contribution >= 4 is 16.9 Å². The second-order valence-electron chi connectivity index (χ2n) is 8.15. The van der Waals surface area contributed by atoms with Crippen LogP contribution >= 0.6 is 0 Å². The van der Waals surface area contributed by atoms with Gasteiger partial charge in [0.2, 0.25) is 5.91 Å². The van der Waals surface area contributed by atoms with Crippen LogP contribution in [0, 0.1) is 0 Å². The van der Waals surface area contributed by atoms with Crippen molar-refractivity contribution in [1.29, 1.82) is 0 Å². The summed E-state index contributed by atoms with van der Waals surface area (Å²) in [5, 5.41) is 4.11. The van der Waals surface area contributed by atoms with Crippen molar-refractivity contribution in [1.82, 2.24) is 10.2 Å². The van der Waals surface area contributed by atoms with Gasteiger partial charge in [-0.15, -0.1) is 0 Å². The van der Waals surface area contributed by atoms with E-state index >= 15 is 0 Å². The zero-order valence-corrected chi connectivity index (χ0v) is 15.7. The molecule has 4 heteroatoms. The summed E-state index contributed by atoms with van der Waals surface area (Å²) in [6.45, 7) is 10.6. The van der Waals surface area contributed by atoms with Gasteiger partial charge in [0.25, 0.3) is 0 Å². The standard InChI is InChI=1S/C21H30N2O2/c1-21(2,3)17-7-8-19-18(14-17)16(15-25-19)13-20(24)22-9-12-23-10-5-4-6-11-23/h7-8,14-15H,4-6,9-13H2,1-3H3,(H,22,24). The molecule has 1 aromatic heterocycles. The number of benzene rings is 1. The smallest absolute Gasteiger partial charge is 0.224 e. The monoisotopic (exact) mass is 342 g/mol. The third-order valence-electron chi connectivity index (χ3n) is 5.07. The summed E-state index contributed by atoms with van der Waals surface area (Å²) in [6, 6.07) is 6.27. The molecular formula is C21H30N2O2. The Morgan fingerprint density at radius 3 is 2.68 bits per heavy atom. The summed E-state index contributed by atoms with van der Waals surface area (Å²) in [6.07, 6.45) is 6.00. The Morgan fingerprint density at radius 1 is 1.20 bits per heavy atom. The van der Waals surface area contributed by atoms with E-state index in [0.717, 1.165) is 42.7 Å². The predicted molar refractivity (Wildman–Crippen MR) is 102 cm³/mol. The predicted octanol–water partition coefficient (Wildman–Crippen LogP) is 3.87. The van der Waals surface area contributed by atoms with Crippen LogP contribution in [0.1, 0.15) is 51.2 Å². The first-order chi connectivity index (χ1) is 11.9. The van der Waals surface area contributed by atoms with E-state index in [0.29, 0.717) is 6.42 Å². The molecule has 2 aromatic rings. The Hall–Kier alpha value is -1.81. The summed E-state index contributed by atoms with van der Waals surface area (Å²) in [7, 11) is 0. The molecule has 0 bridgehead atoms. The molecule has 0 saturated carbocycles. The van der Waals surface area contributed by atoms with E-state index in [4.69, 9.17) is 4.42 Å². The SMILES string of the molecule is CC(C)(C)c1ccc2occ(CC(=O)NCCN3CCCCC3)c2c1. The molecule has 0 radical (unpaired) electrons. The van der Waals surface area contributed by atoms with Crippen molar-refractivity contribution in [3.05, 3.63) is 35.6 Å². The van der Waals surface area contributed by atoms with Gasteiger partial charge in [-0.25, -0.2) is 0 Å². The van der Waals surface area contributed by atoms with Crippen LogP contribution in [-0.2, 0) is 16.6 Å². The molecule has 1 amide bonds. The van der Waals surface area contributed by atoms with Crippen LogP contribution in [0.15, 0.2) is 28.9 Å². The van der Waals surface area contributed by atoms with E-state index in [1.165, 1.54) is 24.8 Å². The van der Waals surface area contributed by atoms with Gasteiger partial charge in [-0.1, -0.05) is 33.3 Å². The quantitative estimate of drug-likeness (QED) is 0.897. The molecule has 0 spiro atoms. The average molecular weight is 342 g/mol. The molecule has 0 aliphatic carbocycles. The number of carbonyl (C=O) groups excluding carboxylic acids is 1. The van der Waals surface area contributed by atoms with Gasteiger partial charge in [-0.05, 0) is 49.0 Å². The van der Waals surface area contributed by atoms with Gasteiger partial charge in [0.1, 0.15) is 5.58 Å². The fourth-order valence-electron chi connectivity index (χ4n) is 3.46. The van der Waals surface area contributed by atoms with Crippen LogP contribution < -0.4 is 5.32 Å². The second kappa shape index (κ2) is 7.61. The highest BCUT2D eigenvalue weighted by Crippen LogP contribution is 2.29. The molecule has 0 unspecified atom stereocenters. The molecule has 1 aliphatic heterocycles. The fourth-order valence-corrected chi connectivity index (χ4v) is 3.46. The summed E-state index contributed by atoms with van der Waals surface area (Å²) in [5.41, 5.74) is 3.16. The Bertz CT molecular complexity index is 721. The van der Waals surface area contributed by atoms with Crippen LogP contribution in [0.4, 0.5) is 0 Å². The molecule has 3 rings (SSSR count). The fraction of sp³-hybridized carbons (Fsp3) is 0.571. The number of rotatable bonds is 5. The van der Waals surface area contributed by atoms with Gasteiger partial charge in [0.05, 0.1) is 12.7 Å². The Balaban J connectivity index is 1.59. The van der Waals surface area contributed by atoms with Crippen LogP contribution in [-0.4, -0.2) is 37.0 Å². The van der Waals surface area contributed by atoms with E-state index in [1.54, 1.807) is 6.26 Å². The molecule has 4 nitrogen and oxygen atoms in total. The van der Waals surface area contributed by atoms with Crippen molar-refractivity contribution in [3.63, 3.8) is 0 Å². The first-order valence-corrected chi connectivity index (χ1v) is 9.43. The van der Waals surface area contributed by atoms with Crippen LogP contribution in [0.25, 0.3) is 11.0 Å². The summed E-state index contributed by atoms with van der Waals surface area (Å²) in [5.74, 6) is 0.0703. The van der Waals surface area contributed by atoms with Crippen LogP contribution in [0.2, 0.25) is 0 Å². The molecule has 0 atom stereocenters. The van der Waals surface area contributed by atoms with E-state index in [2.05, 4.69) is 43.1 Å². The number of hydrogen-bond acceptors (Lipinski definition) is 3. The third kappa shape index (κ3) is 4.63. The van der Waals surface area contributed by atoms with Gasteiger partial charge in [-0.2, -0.15) is 0 Å². The number of amides is 1. The molecule has 1 saturated heterocycles. The largest absolute Gasteiger partial charge is 0.464 e. The van der Waals surface area contributed by atoms with E-state index in [-0.39, 0.29) is 11.3 Å². The number of likely N-dealkylation sites (tertiary alicyclic amines) is 1. The maximum atomic E-state index is 12.3.